The second-order valence-electron chi connectivity index (χ2n) is 5.51. The molecule has 0 bridgehead atoms. The van der Waals surface area contributed by atoms with E-state index in [9.17, 15) is 4.39 Å². The van der Waals surface area contributed by atoms with Gasteiger partial charge in [0.1, 0.15) is 11.6 Å². The predicted octanol–water partition coefficient (Wildman–Crippen LogP) is 3.02. The molecule has 0 amide bonds. The van der Waals surface area contributed by atoms with Gasteiger partial charge < -0.3 is 10.3 Å². The van der Waals surface area contributed by atoms with E-state index >= 15 is 0 Å². The van der Waals surface area contributed by atoms with E-state index in [-0.39, 0.29) is 5.82 Å². The summed E-state index contributed by atoms with van der Waals surface area (Å²) in [5, 5.41) is 3.58. The first kappa shape index (κ1) is 13.3. The maximum atomic E-state index is 12.9. The van der Waals surface area contributed by atoms with Crippen molar-refractivity contribution in [1.29, 1.82) is 0 Å². The monoisotopic (exact) mass is 273 g/mol. The molecule has 1 fully saturated rings. The average molecular weight is 273 g/mol. The molecule has 1 aliphatic carbocycles. The largest absolute Gasteiger partial charge is 0.349 e. The summed E-state index contributed by atoms with van der Waals surface area (Å²) >= 11 is 0. The van der Waals surface area contributed by atoms with E-state index in [0.29, 0.717) is 12.0 Å². The first-order valence-corrected chi connectivity index (χ1v) is 7.28. The number of hydrogen-bond donors (Lipinski definition) is 2. The third-order valence-corrected chi connectivity index (χ3v) is 4.06. The van der Waals surface area contributed by atoms with Crippen molar-refractivity contribution >= 4 is 0 Å². The Bertz CT molecular complexity index is 515. The summed E-state index contributed by atoms with van der Waals surface area (Å²) in [6.45, 7) is 1.03. The summed E-state index contributed by atoms with van der Waals surface area (Å²) in [6, 6.07) is 7.54. The van der Waals surface area contributed by atoms with Crippen LogP contribution in [0.1, 0.15) is 36.6 Å². The van der Waals surface area contributed by atoms with Crippen LogP contribution in [-0.4, -0.2) is 22.6 Å². The topological polar surface area (TPSA) is 40.7 Å². The van der Waals surface area contributed by atoms with Crippen molar-refractivity contribution in [3.8, 4) is 0 Å². The third-order valence-electron chi connectivity index (χ3n) is 4.06. The number of rotatable bonds is 6. The van der Waals surface area contributed by atoms with Gasteiger partial charge >= 0.3 is 0 Å². The van der Waals surface area contributed by atoms with Gasteiger partial charge in [0.05, 0.1) is 0 Å². The average Bonchev–Trinajstić information content (AvgIpc) is 2.91. The molecule has 0 aliphatic heterocycles. The van der Waals surface area contributed by atoms with Crippen molar-refractivity contribution in [3.63, 3.8) is 0 Å². The number of aryl methyl sites for hydroxylation is 1. The van der Waals surface area contributed by atoms with Gasteiger partial charge in [0.25, 0.3) is 0 Å². The van der Waals surface area contributed by atoms with E-state index in [1.807, 2.05) is 18.3 Å². The molecule has 0 spiro atoms. The molecular weight excluding hydrogens is 253 g/mol. The van der Waals surface area contributed by atoms with Crippen molar-refractivity contribution in [3.05, 3.63) is 53.9 Å². The van der Waals surface area contributed by atoms with Gasteiger partial charge in [-0.2, -0.15) is 0 Å². The van der Waals surface area contributed by atoms with E-state index in [1.54, 1.807) is 18.3 Å². The quantitative estimate of drug-likeness (QED) is 0.794. The zero-order valence-electron chi connectivity index (χ0n) is 11.5. The van der Waals surface area contributed by atoms with Crippen LogP contribution in [0.5, 0.6) is 0 Å². The highest BCUT2D eigenvalue weighted by Crippen LogP contribution is 2.36. The summed E-state index contributed by atoms with van der Waals surface area (Å²) < 4.78 is 12.9. The number of halogens is 1. The highest BCUT2D eigenvalue weighted by Gasteiger charge is 2.29. The minimum Gasteiger partial charge on any atom is -0.349 e. The molecule has 0 unspecified atom stereocenters. The maximum absolute atomic E-state index is 12.9. The fraction of sp³-hybridized carbons (Fsp3) is 0.438. The SMILES string of the molecule is Fc1ccc(C2CC(NCCCc3ncc[nH]3)C2)cc1. The lowest BCUT2D eigenvalue weighted by Crippen LogP contribution is -2.40. The Kier molecular flexibility index (Phi) is 4.11. The molecule has 1 heterocycles. The Morgan fingerprint density at radius 3 is 2.75 bits per heavy atom. The van der Waals surface area contributed by atoms with Gasteiger partial charge in [-0.05, 0) is 49.4 Å². The predicted molar refractivity (Wildman–Crippen MR) is 77.1 cm³/mol. The number of aromatic amines is 1. The van der Waals surface area contributed by atoms with Gasteiger partial charge in [0.15, 0.2) is 0 Å². The Morgan fingerprint density at radius 2 is 2.05 bits per heavy atom. The molecule has 0 radical (unpaired) electrons. The minimum absolute atomic E-state index is 0.152. The van der Waals surface area contributed by atoms with Gasteiger partial charge in [0, 0.05) is 24.9 Å². The number of H-pyrrole nitrogens is 1. The van der Waals surface area contributed by atoms with Gasteiger partial charge in [-0.1, -0.05) is 12.1 Å². The first-order valence-electron chi connectivity index (χ1n) is 7.28. The summed E-state index contributed by atoms with van der Waals surface area (Å²) in [5.74, 6) is 1.50. The lowest BCUT2D eigenvalue weighted by molar-refractivity contribution is 0.290. The van der Waals surface area contributed by atoms with Crippen molar-refractivity contribution in [2.24, 2.45) is 0 Å². The molecule has 0 atom stereocenters. The maximum Gasteiger partial charge on any atom is 0.123 e. The van der Waals surface area contributed by atoms with Crippen molar-refractivity contribution in [2.75, 3.05) is 6.54 Å². The minimum atomic E-state index is -0.152. The fourth-order valence-corrected chi connectivity index (χ4v) is 2.79. The van der Waals surface area contributed by atoms with Gasteiger partial charge in [-0.3, -0.25) is 0 Å². The molecule has 2 aromatic rings. The zero-order valence-corrected chi connectivity index (χ0v) is 11.5. The summed E-state index contributed by atoms with van der Waals surface area (Å²) in [6.07, 6.45) is 8.07. The summed E-state index contributed by atoms with van der Waals surface area (Å²) in [4.78, 5) is 7.33. The van der Waals surface area contributed by atoms with Crippen molar-refractivity contribution < 1.29 is 4.39 Å². The number of imidazole rings is 1. The van der Waals surface area contributed by atoms with Crippen LogP contribution in [0.4, 0.5) is 4.39 Å². The van der Waals surface area contributed by atoms with E-state index in [4.69, 9.17) is 0 Å². The first-order chi connectivity index (χ1) is 9.81. The van der Waals surface area contributed by atoms with Crippen LogP contribution in [-0.2, 0) is 6.42 Å². The lowest BCUT2D eigenvalue weighted by Gasteiger charge is -2.36. The number of benzene rings is 1. The van der Waals surface area contributed by atoms with Crippen molar-refractivity contribution in [2.45, 2.75) is 37.6 Å². The van der Waals surface area contributed by atoms with Crippen LogP contribution in [0.3, 0.4) is 0 Å². The Morgan fingerprint density at radius 1 is 1.25 bits per heavy atom. The number of nitrogens with one attached hydrogen (secondary N) is 2. The number of nitrogens with zero attached hydrogens (tertiary/aromatic N) is 1. The van der Waals surface area contributed by atoms with Crippen LogP contribution in [0, 0.1) is 5.82 Å². The second-order valence-corrected chi connectivity index (χ2v) is 5.51. The molecule has 4 heteroatoms. The fourth-order valence-electron chi connectivity index (χ4n) is 2.79. The molecule has 1 aromatic carbocycles. The molecule has 1 saturated carbocycles. The molecule has 1 aromatic heterocycles. The van der Waals surface area contributed by atoms with Crippen LogP contribution in [0.15, 0.2) is 36.7 Å². The summed E-state index contributed by atoms with van der Waals surface area (Å²) in [7, 11) is 0. The van der Waals surface area contributed by atoms with Crippen LogP contribution in [0.25, 0.3) is 0 Å². The molecule has 106 valence electrons. The van der Waals surface area contributed by atoms with E-state index in [1.165, 1.54) is 5.56 Å². The smallest absolute Gasteiger partial charge is 0.123 e. The zero-order chi connectivity index (χ0) is 13.8. The molecule has 20 heavy (non-hydrogen) atoms. The molecular formula is C16H20FN3. The Balaban J connectivity index is 1.33. The Labute approximate surface area is 118 Å². The highest BCUT2D eigenvalue weighted by atomic mass is 19.1. The van der Waals surface area contributed by atoms with Crippen LogP contribution >= 0.6 is 0 Å². The van der Waals surface area contributed by atoms with E-state index < -0.39 is 0 Å². The molecule has 3 nitrogen and oxygen atoms in total. The van der Waals surface area contributed by atoms with Gasteiger partial charge in [0.2, 0.25) is 0 Å². The molecule has 2 N–H and O–H groups in total. The van der Waals surface area contributed by atoms with E-state index in [0.717, 1.165) is 38.1 Å². The normalized spacial score (nSPS) is 21.6. The van der Waals surface area contributed by atoms with Crippen LogP contribution < -0.4 is 5.32 Å². The van der Waals surface area contributed by atoms with Crippen LogP contribution in [0.2, 0.25) is 0 Å². The lowest BCUT2D eigenvalue weighted by atomic mass is 9.76. The summed E-state index contributed by atoms with van der Waals surface area (Å²) in [5.41, 5.74) is 1.26. The van der Waals surface area contributed by atoms with E-state index in [2.05, 4.69) is 15.3 Å². The standard InChI is InChI=1S/C16H20FN3/c17-14-5-3-12(4-6-14)13-10-15(11-13)18-7-1-2-16-19-8-9-20-16/h3-6,8-9,13,15,18H,1-2,7,10-11H2,(H,19,20). The number of aromatic nitrogens is 2. The number of hydrogen-bond acceptors (Lipinski definition) is 2. The highest BCUT2D eigenvalue weighted by molar-refractivity contribution is 5.23. The third kappa shape index (κ3) is 3.25. The Hall–Kier alpha value is -1.68. The van der Waals surface area contributed by atoms with Gasteiger partial charge in [-0.25, -0.2) is 9.37 Å². The molecule has 3 rings (SSSR count). The van der Waals surface area contributed by atoms with Crippen molar-refractivity contribution in [1.82, 2.24) is 15.3 Å². The molecule has 0 saturated heterocycles. The second kappa shape index (κ2) is 6.18. The molecule has 1 aliphatic rings. The van der Waals surface area contributed by atoms with Gasteiger partial charge in [-0.15, -0.1) is 0 Å².